The highest BCUT2D eigenvalue weighted by Gasteiger charge is 2.19. The molecule has 9 heteroatoms. The molecule has 1 aromatic heterocycles. The summed E-state index contributed by atoms with van der Waals surface area (Å²) in [4.78, 5) is 22.9. The average molecular weight is 526 g/mol. The third-order valence-electron chi connectivity index (χ3n) is 5.77. The van der Waals surface area contributed by atoms with Gasteiger partial charge >= 0.3 is 5.97 Å². The van der Waals surface area contributed by atoms with Crippen molar-refractivity contribution in [2.24, 2.45) is 0 Å². The molecule has 1 aliphatic rings. The minimum Gasteiger partial charge on any atom is -0.497 e. The van der Waals surface area contributed by atoms with Crippen molar-refractivity contribution >= 4 is 40.7 Å². The van der Waals surface area contributed by atoms with Gasteiger partial charge in [0.15, 0.2) is 0 Å². The van der Waals surface area contributed by atoms with Gasteiger partial charge in [0.1, 0.15) is 5.75 Å². The van der Waals surface area contributed by atoms with E-state index in [9.17, 15) is 9.59 Å². The molecule has 0 saturated carbocycles. The molecule has 36 heavy (non-hydrogen) atoms. The van der Waals surface area contributed by atoms with Gasteiger partial charge in [-0.3, -0.25) is 14.3 Å². The number of amides is 1. The Morgan fingerprint density at radius 2 is 1.89 bits per heavy atom. The summed E-state index contributed by atoms with van der Waals surface area (Å²) in [6.07, 6.45) is 4.43. The van der Waals surface area contributed by atoms with Crippen LogP contribution in [0.4, 0.5) is 0 Å². The minimum absolute atomic E-state index is 0.0784. The Hall–Kier alpha value is -3.55. The van der Waals surface area contributed by atoms with Gasteiger partial charge in [-0.05, 0) is 66.1 Å². The van der Waals surface area contributed by atoms with E-state index in [4.69, 9.17) is 38.1 Å². The monoisotopic (exact) mass is 525 g/mol. The molecule has 7 nitrogen and oxygen atoms in total. The molecule has 0 radical (unpaired) electrons. The van der Waals surface area contributed by atoms with Gasteiger partial charge in [0.25, 0.3) is 5.91 Å². The number of hydrogen-bond acceptors (Lipinski definition) is 4. The third kappa shape index (κ3) is 6.17. The molecule has 186 valence electrons. The molecule has 1 amide bonds. The summed E-state index contributed by atoms with van der Waals surface area (Å²) in [6.45, 7) is 0.550. The zero-order valence-corrected chi connectivity index (χ0v) is 21.1. The summed E-state index contributed by atoms with van der Waals surface area (Å²) in [7, 11) is 1.63. The normalized spacial score (nSPS) is 15.1. The summed E-state index contributed by atoms with van der Waals surface area (Å²) in [6, 6.07) is 16.9. The summed E-state index contributed by atoms with van der Waals surface area (Å²) in [5, 5.41) is 16.5. The predicted octanol–water partition coefficient (Wildman–Crippen LogP) is 5.33. The van der Waals surface area contributed by atoms with Crippen LogP contribution in [0.2, 0.25) is 0 Å². The molecule has 0 saturated heterocycles. The van der Waals surface area contributed by atoms with Crippen LogP contribution in [0.3, 0.4) is 0 Å². The fourth-order valence-electron chi connectivity index (χ4n) is 3.81. The molecular weight excluding hydrogens is 501 g/mol. The first-order chi connectivity index (χ1) is 17.3. The maximum absolute atomic E-state index is 12.3. The number of aliphatic carboxylic acids is 1. The Labute approximate surface area is 219 Å². The van der Waals surface area contributed by atoms with Crippen molar-refractivity contribution in [3.05, 3.63) is 88.6 Å². The van der Waals surface area contributed by atoms with Gasteiger partial charge < -0.3 is 15.2 Å². The maximum Gasteiger partial charge on any atom is 0.305 e. The molecule has 1 heterocycles. The molecule has 0 bridgehead atoms. The highest BCUT2D eigenvalue weighted by Crippen LogP contribution is 2.33. The maximum atomic E-state index is 12.3. The van der Waals surface area contributed by atoms with Crippen molar-refractivity contribution in [2.75, 3.05) is 13.7 Å². The SMILES string of the molecule is COc1ccc(-c2cc(C3=CCC(Cl)C(Cl)=C3)n(Cc3ccc(C(=O)NCCC(=O)O)cc3)n2)cc1. The molecule has 4 rings (SSSR count). The molecular formula is C27H25Cl2N3O4. The number of carbonyl (C=O) groups excluding carboxylic acids is 1. The Morgan fingerprint density at radius 1 is 1.17 bits per heavy atom. The molecule has 2 N–H and O–H groups in total. The van der Waals surface area contributed by atoms with Gasteiger partial charge in [-0.2, -0.15) is 5.10 Å². The second-order valence-corrected chi connectivity index (χ2v) is 9.25. The van der Waals surface area contributed by atoms with E-state index < -0.39 is 5.97 Å². The lowest BCUT2D eigenvalue weighted by Crippen LogP contribution is -2.25. The lowest BCUT2D eigenvalue weighted by atomic mass is 10.0. The van der Waals surface area contributed by atoms with E-state index in [1.165, 1.54) is 0 Å². The quantitative estimate of drug-likeness (QED) is 0.368. The number of aromatic nitrogens is 2. The van der Waals surface area contributed by atoms with E-state index >= 15 is 0 Å². The molecule has 1 aliphatic carbocycles. The highest BCUT2D eigenvalue weighted by molar-refractivity contribution is 6.38. The Kier molecular flexibility index (Phi) is 8.13. The van der Waals surface area contributed by atoms with Gasteiger partial charge in [-0.15, -0.1) is 11.6 Å². The number of carboxylic acid groups (broad SMARTS) is 1. The number of carbonyl (C=O) groups is 2. The van der Waals surface area contributed by atoms with Gasteiger partial charge in [0.05, 0.1) is 36.8 Å². The average Bonchev–Trinajstić information content (AvgIpc) is 3.29. The second-order valence-electron chi connectivity index (χ2n) is 8.29. The highest BCUT2D eigenvalue weighted by atomic mass is 35.5. The number of allylic oxidation sites excluding steroid dienone is 4. The largest absolute Gasteiger partial charge is 0.497 e. The summed E-state index contributed by atoms with van der Waals surface area (Å²) in [5.74, 6) is -0.504. The Bertz CT molecular complexity index is 1310. The minimum atomic E-state index is -0.958. The number of rotatable bonds is 9. The number of nitrogens with zero attached hydrogens (tertiary/aromatic N) is 2. The smallest absolute Gasteiger partial charge is 0.305 e. The summed E-state index contributed by atoms with van der Waals surface area (Å²) in [5.41, 5.74) is 5.01. The molecule has 1 atom stereocenters. The van der Waals surface area contributed by atoms with Crippen molar-refractivity contribution in [3.63, 3.8) is 0 Å². The molecule has 0 aliphatic heterocycles. The Morgan fingerprint density at radius 3 is 2.53 bits per heavy atom. The first kappa shape index (κ1) is 25.5. The first-order valence-corrected chi connectivity index (χ1v) is 12.2. The van der Waals surface area contributed by atoms with Crippen molar-refractivity contribution in [1.29, 1.82) is 0 Å². The third-order valence-corrected chi connectivity index (χ3v) is 6.67. The topological polar surface area (TPSA) is 93.5 Å². The zero-order valence-electron chi connectivity index (χ0n) is 19.6. The van der Waals surface area contributed by atoms with Crippen LogP contribution in [0, 0.1) is 0 Å². The van der Waals surface area contributed by atoms with Gasteiger partial charge in [0.2, 0.25) is 0 Å². The van der Waals surface area contributed by atoms with Crippen LogP contribution in [-0.4, -0.2) is 45.8 Å². The number of ether oxygens (including phenoxy) is 1. The molecule has 1 unspecified atom stereocenters. The van der Waals surface area contributed by atoms with Gasteiger partial charge in [0, 0.05) is 22.7 Å². The lowest BCUT2D eigenvalue weighted by molar-refractivity contribution is -0.136. The molecule has 0 spiro atoms. The number of methoxy groups -OCH3 is 1. The number of carboxylic acids is 1. The Balaban J connectivity index is 1.59. The van der Waals surface area contributed by atoms with E-state index in [0.717, 1.165) is 33.8 Å². The van der Waals surface area contributed by atoms with Crippen molar-refractivity contribution in [3.8, 4) is 17.0 Å². The molecule has 0 fully saturated rings. The number of benzene rings is 2. The molecule has 2 aromatic carbocycles. The van der Waals surface area contributed by atoms with Crippen LogP contribution in [0.5, 0.6) is 5.75 Å². The zero-order chi connectivity index (χ0) is 25.7. The fraction of sp³-hybridized carbons (Fsp3) is 0.222. The lowest BCUT2D eigenvalue weighted by Gasteiger charge is -2.15. The number of hydrogen-bond donors (Lipinski definition) is 2. The summed E-state index contributed by atoms with van der Waals surface area (Å²) >= 11 is 12.6. The van der Waals surface area contributed by atoms with E-state index in [-0.39, 0.29) is 24.2 Å². The molecule has 3 aromatic rings. The van der Waals surface area contributed by atoms with Crippen molar-refractivity contribution in [2.45, 2.75) is 24.8 Å². The van der Waals surface area contributed by atoms with Crippen molar-refractivity contribution in [1.82, 2.24) is 15.1 Å². The van der Waals surface area contributed by atoms with Gasteiger partial charge in [-0.1, -0.05) is 29.8 Å². The van der Waals surface area contributed by atoms with E-state index in [0.29, 0.717) is 23.6 Å². The standard InChI is InChI=1S/C27H25Cl2N3O4/c1-36-21-9-6-18(7-10-21)24-15-25(20-8-11-22(28)23(29)14-20)32(31-24)16-17-2-4-19(5-3-17)27(35)30-13-12-26(33)34/h2-10,14-15,22H,11-13,16H2,1H3,(H,30,35)(H,33,34). The van der Waals surface area contributed by atoms with Crippen LogP contribution in [-0.2, 0) is 11.3 Å². The van der Waals surface area contributed by atoms with Crippen LogP contribution < -0.4 is 10.1 Å². The van der Waals surface area contributed by atoms with Crippen LogP contribution in [0.15, 0.2) is 71.8 Å². The van der Waals surface area contributed by atoms with Crippen LogP contribution >= 0.6 is 23.2 Å². The fourth-order valence-corrected chi connectivity index (χ4v) is 4.17. The number of alkyl halides is 1. The number of nitrogens with one attached hydrogen (secondary N) is 1. The first-order valence-electron chi connectivity index (χ1n) is 11.4. The number of halogens is 2. The summed E-state index contributed by atoms with van der Waals surface area (Å²) < 4.78 is 7.17. The van der Waals surface area contributed by atoms with E-state index in [1.54, 1.807) is 19.2 Å². The predicted molar refractivity (Wildman–Crippen MR) is 141 cm³/mol. The van der Waals surface area contributed by atoms with E-state index in [1.807, 2.05) is 53.2 Å². The van der Waals surface area contributed by atoms with Crippen molar-refractivity contribution < 1.29 is 19.4 Å². The second kappa shape index (κ2) is 11.5. The van der Waals surface area contributed by atoms with Crippen LogP contribution in [0.25, 0.3) is 16.8 Å². The van der Waals surface area contributed by atoms with Gasteiger partial charge in [-0.25, -0.2) is 0 Å². The van der Waals surface area contributed by atoms with E-state index in [2.05, 4.69) is 11.4 Å². The van der Waals surface area contributed by atoms with Crippen LogP contribution in [0.1, 0.15) is 34.5 Å².